The zero-order chi connectivity index (χ0) is 18.4. The summed E-state index contributed by atoms with van der Waals surface area (Å²) in [7, 11) is 0. The standard InChI is InChI=1S/C22H23NO4/c24-21(25)18-13-23(14-22(18)8-10-26-11-9-22)12-15-4-3-6-17-16-5-1-2-7-19(16)27-20(15)17/h1-7,18H,8-14H2,(H,24,25). The van der Waals surface area contributed by atoms with Crippen LogP contribution in [0.1, 0.15) is 18.4 Å². The monoisotopic (exact) mass is 365 g/mol. The van der Waals surface area contributed by atoms with Gasteiger partial charge in [-0.25, -0.2) is 0 Å². The van der Waals surface area contributed by atoms with Crippen LogP contribution >= 0.6 is 0 Å². The Balaban J connectivity index is 1.48. The van der Waals surface area contributed by atoms with Crippen molar-refractivity contribution in [1.82, 2.24) is 4.90 Å². The van der Waals surface area contributed by atoms with E-state index in [0.717, 1.165) is 46.9 Å². The minimum Gasteiger partial charge on any atom is -0.481 e. The molecule has 3 aromatic rings. The molecule has 0 bridgehead atoms. The predicted molar refractivity (Wildman–Crippen MR) is 103 cm³/mol. The van der Waals surface area contributed by atoms with Gasteiger partial charge in [0.25, 0.3) is 0 Å². The number of fused-ring (bicyclic) bond motifs is 3. The van der Waals surface area contributed by atoms with E-state index in [2.05, 4.69) is 29.2 Å². The van der Waals surface area contributed by atoms with E-state index >= 15 is 0 Å². The number of carbonyl (C=O) groups is 1. The molecule has 0 amide bonds. The quantitative estimate of drug-likeness (QED) is 0.763. The van der Waals surface area contributed by atoms with Crippen LogP contribution in [-0.4, -0.2) is 42.3 Å². The molecule has 5 heteroatoms. The third-order valence-electron chi connectivity index (χ3n) is 6.38. The van der Waals surface area contributed by atoms with E-state index in [9.17, 15) is 9.90 Å². The number of hydrogen-bond donors (Lipinski definition) is 1. The molecular weight excluding hydrogens is 342 g/mol. The van der Waals surface area contributed by atoms with Gasteiger partial charge in [0, 0.05) is 54.6 Å². The second kappa shape index (κ2) is 6.36. The first kappa shape index (κ1) is 16.8. The third-order valence-corrected chi connectivity index (χ3v) is 6.38. The highest BCUT2D eigenvalue weighted by atomic mass is 16.5. The van der Waals surface area contributed by atoms with Gasteiger partial charge in [0.15, 0.2) is 0 Å². The second-order valence-corrected chi connectivity index (χ2v) is 7.93. The average molecular weight is 365 g/mol. The third kappa shape index (κ3) is 2.73. The summed E-state index contributed by atoms with van der Waals surface area (Å²) < 4.78 is 11.6. The van der Waals surface area contributed by atoms with Gasteiger partial charge in [0.1, 0.15) is 11.2 Å². The van der Waals surface area contributed by atoms with Gasteiger partial charge in [-0.1, -0.05) is 36.4 Å². The lowest BCUT2D eigenvalue weighted by molar-refractivity contribution is -0.147. The fourth-order valence-corrected chi connectivity index (χ4v) is 4.99. The van der Waals surface area contributed by atoms with Gasteiger partial charge in [-0.3, -0.25) is 9.69 Å². The van der Waals surface area contributed by atoms with E-state index in [4.69, 9.17) is 9.15 Å². The highest BCUT2D eigenvalue weighted by Gasteiger charge is 2.50. The zero-order valence-electron chi connectivity index (χ0n) is 15.2. The lowest BCUT2D eigenvalue weighted by atomic mass is 9.72. The fraction of sp³-hybridized carbons (Fsp3) is 0.409. The summed E-state index contributed by atoms with van der Waals surface area (Å²) in [6.07, 6.45) is 1.66. The Hall–Kier alpha value is -2.37. The summed E-state index contributed by atoms with van der Waals surface area (Å²) in [5.41, 5.74) is 2.77. The molecule has 0 aliphatic carbocycles. The Morgan fingerprint density at radius 1 is 1.11 bits per heavy atom. The Morgan fingerprint density at radius 3 is 2.70 bits per heavy atom. The maximum absolute atomic E-state index is 11.9. The Labute approximate surface area is 157 Å². The molecule has 1 N–H and O–H groups in total. The van der Waals surface area contributed by atoms with Crippen molar-refractivity contribution in [1.29, 1.82) is 0 Å². The van der Waals surface area contributed by atoms with Crippen molar-refractivity contribution in [2.45, 2.75) is 19.4 Å². The molecule has 2 fully saturated rings. The van der Waals surface area contributed by atoms with Crippen LogP contribution in [0.3, 0.4) is 0 Å². The van der Waals surface area contributed by atoms with Gasteiger partial charge >= 0.3 is 5.97 Å². The second-order valence-electron chi connectivity index (χ2n) is 7.93. The van der Waals surface area contributed by atoms with Gasteiger partial charge in [-0.15, -0.1) is 0 Å². The highest BCUT2D eigenvalue weighted by molar-refractivity contribution is 6.05. The summed E-state index contributed by atoms with van der Waals surface area (Å²) in [5, 5.41) is 12.0. The highest BCUT2D eigenvalue weighted by Crippen LogP contribution is 2.45. The molecule has 2 saturated heterocycles. The lowest BCUT2D eigenvalue weighted by Crippen LogP contribution is -2.40. The van der Waals surface area contributed by atoms with Crippen molar-refractivity contribution >= 4 is 27.9 Å². The number of hydrogen-bond acceptors (Lipinski definition) is 4. The molecule has 1 atom stereocenters. The molecule has 0 radical (unpaired) electrons. The van der Waals surface area contributed by atoms with Crippen LogP contribution in [0.25, 0.3) is 21.9 Å². The van der Waals surface area contributed by atoms with Crippen molar-refractivity contribution < 1.29 is 19.1 Å². The summed E-state index contributed by atoms with van der Waals surface area (Å²) in [4.78, 5) is 14.2. The van der Waals surface area contributed by atoms with Crippen LogP contribution in [0, 0.1) is 11.3 Å². The van der Waals surface area contributed by atoms with Crippen LogP contribution in [0.4, 0.5) is 0 Å². The molecule has 5 rings (SSSR count). The number of benzene rings is 2. The molecule has 0 saturated carbocycles. The predicted octanol–water partition coefficient (Wildman–Crippen LogP) is 3.90. The van der Waals surface area contributed by atoms with Gasteiger partial charge in [0.05, 0.1) is 5.92 Å². The molecule has 140 valence electrons. The molecule has 27 heavy (non-hydrogen) atoms. The minimum absolute atomic E-state index is 0.161. The van der Waals surface area contributed by atoms with E-state index in [1.54, 1.807) is 0 Å². The molecule has 2 aliphatic heterocycles. The molecule has 2 aliphatic rings. The number of rotatable bonds is 3. The number of nitrogens with zero attached hydrogens (tertiary/aromatic N) is 1. The number of carboxylic acids is 1. The normalized spacial score (nSPS) is 22.7. The van der Waals surface area contributed by atoms with Gasteiger partial charge in [-0.05, 0) is 18.9 Å². The van der Waals surface area contributed by atoms with E-state index < -0.39 is 5.97 Å². The molecular formula is C22H23NO4. The Kier molecular flexibility index (Phi) is 3.95. The van der Waals surface area contributed by atoms with Gasteiger partial charge < -0.3 is 14.3 Å². The van der Waals surface area contributed by atoms with Crippen LogP contribution in [0.5, 0.6) is 0 Å². The molecule has 1 aromatic heterocycles. The summed E-state index contributed by atoms with van der Waals surface area (Å²) in [5.74, 6) is -1.00. The first-order valence-electron chi connectivity index (χ1n) is 9.58. The topological polar surface area (TPSA) is 62.9 Å². The molecule has 1 spiro atoms. The average Bonchev–Trinajstić information content (AvgIpc) is 3.22. The van der Waals surface area contributed by atoms with Crippen molar-refractivity contribution in [2.24, 2.45) is 11.3 Å². The number of carboxylic acid groups (broad SMARTS) is 1. The van der Waals surface area contributed by atoms with E-state index in [0.29, 0.717) is 26.3 Å². The van der Waals surface area contributed by atoms with Crippen LogP contribution in [0.15, 0.2) is 46.9 Å². The van der Waals surface area contributed by atoms with Gasteiger partial charge in [-0.2, -0.15) is 0 Å². The van der Waals surface area contributed by atoms with E-state index in [-0.39, 0.29) is 11.3 Å². The summed E-state index contributed by atoms with van der Waals surface area (Å²) in [6.45, 7) is 3.44. The maximum Gasteiger partial charge on any atom is 0.308 e. The van der Waals surface area contributed by atoms with Crippen LogP contribution < -0.4 is 0 Å². The number of para-hydroxylation sites is 2. The molecule has 3 heterocycles. The number of furan rings is 1. The number of likely N-dealkylation sites (tertiary alicyclic amines) is 1. The fourth-order valence-electron chi connectivity index (χ4n) is 4.99. The van der Waals surface area contributed by atoms with Crippen molar-refractivity contribution in [3.63, 3.8) is 0 Å². The number of aliphatic carboxylic acids is 1. The number of ether oxygens (including phenoxy) is 1. The minimum atomic E-state index is -0.679. The smallest absolute Gasteiger partial charge is 0.308 e. The van der Waals surface area contributed by atoms with Crippen molar-refractivity contribution in [2.75, 3.05) is 26.3 Å². The summed E-state index contributed by atoms with van der Waals surface area (Å²) in [6, 6.07) is 14.3. The SMILES string of the molecule is O=C(O)C1CN(Cc2cccc3c2oc2ccccc23)CC12CCOCC2. The maximum atomic E-state index is 11.9. The molecule has 1 unspecified atom stereocenters. The van der Waals surface area contributed by atoms with Crippen LogP contribution in [0.2, 0.25) is 0 Å². The van der Waals surface area contributed by atoms with Crippen molar-refractivity contribution in [3.8, 4) is 0 Å². The molecule has 2 aromatic carbocycles. The summed E-state index contributed by atoms with van der Waals surface area (Å²) >= 11 is 0. The first-order valence-corrected chi connectivity index (χ1v) is 9.58. The van der Waals surface area contributed by atoms with E-state index in [1.165, 1.54) is 0 Å². The Bertz CT molecular complexity index is 1000. The van der Waals surface area contributed by atoms with Gasteiger partial charge in [0.2, 0.25) is 0 Å². The lowest BCUT2D eigenvalue weighted by Gasteiger charge is -2.36. The van der Waals surface area contributed by atoms with Crippen molar-refractivity contribution in [3.05, 3.63) is 48.0 Å². The Morgan fingerprint density at radius 2 is 1.89 bits per heavy atom. The van der Waals surface area contributed by atoms with E-state index in [1.807, 2.05) is 18.2 Å². The first-order chi connectivity index (χ1) is 13.2. The van der Waals surface area contributed by atoms with Crippen LogP contribution in [-0.2, 0) is 16.1 Å². The zero-order valence-corrected chi connectivity index (χ0v) is 15.2. The molecule has 5 nitrogen and oxygen atoms in total. The largest absolute Gasteiger partial charge is 0.481 e.